The highest BCUT2D eigenvalue weighted by Gasteiger charge is 2.31. The van der Waals surface area contributed by atoms with Gasteiger partial charge < -0.3 is 20.5 Å². The number of benzene rings is 2. The summed E-state index contributed by atoms with van der Waals surface area (Å²) >= 11 is 0. The van der Waals surface area contributed by atoms with Crippen LogP contribution in [0.15, 0.2) is 54.6 Å². The van der Waals surface area contributed by atoms with Gasteiger partial charge in [-0.15, -0.1) is 0 Å². The van der Waals surface area contributed by atoms with Gasteiger partial charge in [0.1, 0.15) is 11.8 Å². The van der Waals surface area contributed by atoms with Crippen molar-refractivity contribution >= 4 is 17.8 Å². The Morgan fingerprint density at radius 3 is 2.21 bits per heavy atom. The first-order chi connectivity index (χ1) is 13.8. The van der Waals surface area contributed by atoms with Gasteiger partial charge >= 0.3 is 5.97 Å². The molecule has 2 amide bonds. The average Bonchev–Trinajstić information content (AvgIpc) is 2.70. The van der Waals surface area contributed by atoms with Crippen LogP contribution in [0.5, 0.6) is 5.75 Å². The van der Waals surface area contributed by atoms with Gasteiger partial charge in [0.15, 0.2) is 0 Å². The van der Waals surface area contributed by atoms with E-state index in [-0.39, 0.29) is 5.92 Å². The maximum atomic E-state index is 12.8. The minimum atomic E-state index is -1.24. The number of amides is 2. The Balaban J connectivity index is 2.19. The second-order valence-corrected chi connectivity index (χ2v) is 6.75. The molecule has 0 saturated carbocycles. The van der Waals surface area contributed by atoms with Crippen molar-refractivity contribution < 1.29 is 23.9 Å². The fraction of sp³-hybridized carbons (Fsp3) is 0.318. The Morgan fingerprint density at radius 1 is 1.00 bits per heavy atom. The van der Waals surface area contributed by atoms with Crippen LogP contribution in [0, 0.1) is 5.92 Å². The molecule has 0 bridgehead atoms. The van der Waals surface area contributed by atoms with Crippen LogP contribution in [0.1, 0.15) is 42.8 Å². The van der Waals surface area contributed by atoms with E-state index in [2.05, 4.69) is 5.32 Å². The highest BCUT2D eigenvalue weighted by atomic mass is 16.5. The zero-order valence-corrected chi connectivity index (χ0v) is 16.8. The van der Waals surface area contributed by atoms with Crippen LogP contribution in [-0.4, -0.2) is 30.4 Å². The molecule has 7 heteroatoms. The number of primary amides is 1. The van der Waals surface area contributed by atoms with Crippen molar-refractivity contribution in [2.75, 3.05) is 6.61 Å². The van der Waals surface area contributed by atoms with Crippen LogP contribution in [0.2, 0.25) is 0 Å². The Hall–Kier alpha value is -3.35. The van der Waals surface area contributed by atoms with Gasteiger partial charge in [0, 0.05) is 5.56 Å². The van der Waals surface area contributed by atoms with Crippen molar-refractivity contribution in [3.8, 4) is 5.75 Å². The quantitative estimate of drug-likeness (QED) is 0.631. The normalized spacial score (nSPS) is 12.7. The van der Waals surface area contributed by atoms with Gasteiger partial charge in [-0.05, 0) is 25.0 Å². The number of hydrogen-bond donors (Lipinski definition) is 2. The van der Waals surface area contributed by atoms with Crippen molar-refractivity contribution in [3.05, 3.63) is 65.7 Å². The van der Waals surface area contributed by atoms with Gasteiger partial charge in [0.2, 0.25) is 6.10 Å². The molecule has 0 heterocycles. The average molecular weight is 398 g/mol. The third-order valence-corrected chi connectivity index (χ3v) is 4.23. The number of para-hydroxylation sites is 1. The number of hydrogen-bond acceptors (Lipinski definition) is 5. The lowest BCUT2D eigenvalue weighted by Gasteiger charge is -2.24. The Morgan fingerprint density at radius 2 is 1.62 bits per heavy atom. The lowest BCUT2D eigenvalue weighted by atomic mass is 10.0. The molecule has 3 N–H and O–H groups in total. The maximum absolute atomic E-state index is 12.8. The number of carbonyl (C=O) groups excluding carboxylic acids is 3. The molecule has 0 aliphatic rings. The van der Waals surface area contributed by atoms with Gasteiger partial charge in [-0.2, -0.15) is 0 Å². The smallest absolute Gasteiger partial charge is 0.330 e. The van der Waals surface area contributed by atoms with E-state index in [9.17, 15) is 14.4 Å². The van der Waals surface area contributed by atoms with Gasteiger partial charge in [0.25, 0.3) is 11.8 Å². The van der Waals surface area contributed by atoms with Gasteiger partial charge in [0.05, 0.1) is 12.2 Å². The predicted octanol–water partition coefficient (Wildman–Crippen LogP) is 2.61. The fourth-order valence-electron chi connectivity index (χ4n) is 2.76. The molecule has 0 spiro atoms. The van der Waals surface area contributed by atoms with Crippen LogP contribution >= 0.6 is 0 Å². The molecule has 29 heavy (non-hydrogen) atoms. The molecule has 0 radical (unpaired) electrons. The summed E-state index contributed by atoms with van der Waals surface area (Å²) in [7, 11) is 0. The Bertz CT molecular complexity index is 851. The fourth-order valence-corrected chi connectivity index (χ4v) is 2.76. The van der Waals surface area contributed by atoms with Crippen LogP contribution in [0.25, 0.3) is 0 Å². The lowest BCUT2D eigenvalue weighted by molar-refractivity contribution is -0.158. The third-order valence-electron chi connectivity index (χ3n) is 4.23. The third kappa shape index (κ3) is 5.81. The Labute approximate surface area is 170 Å². The summed E-state index contributed by atoms with van der Waals surface area (Å²) in [4.78, 5) is 37.4. The minimum Gasteiger partial charge on any atom is -0.493 e. The molecule has 2 aromatic carbocycles. The van der Waals surface area contributed by atoms with Crippen LogP contribution in [0.4, 0.5) is 0 Å². The first-order valence-corrected chi connectivity index (χ1v) is 9.42. The highest BCUT2D eigenvalue weighted by Crippen LogP contribution is 2.21. The van der Waals surface area contributed by atoms with Crippen LogP contribution < -0.4 is 15.8 Å². The van der Waals surface area contributed by atoms with E-state index in [0.29, 0.717) is 23.5 Å². The standard InChI is InChI=1S/C22H26N2O5/c1-4-28-17-13-9-8-12-16(17)21(26)24-18(14(2)3)22(27)29-19(20(23)25)15-10-6-5-7-11-15/h5-14,18-19H,4H2,1-3H3,(H2,23,25)(H,24,26)/t18-,19?/m0/s1. The summed E-state index contributed by atoms with van der Waals surface area (Å²) < 4.78 is 10.9. The van der Waals surface area contributed by atoms with E-state index < -0.39 is 29.9 Å². The summed E-state index contributed by atoms with van der Waals surface area (Å²) in [5, 5.41) is 2.68. The van der Waals surface area contributed by atoms with Gasteiger partial charge in [-0.25, -0.2) is 4.79 Å². The molecule has 0 aliphatic carbocycles. The monoisotopic (exact) mass is 398 g/mol. The molecule has 154 valence electrons. The van der Waals surface area contributed by atoms with Crippen molar-refractivity contribution in [3.63, 3.8) is 0 Å². The molecular weight excluding hydrogens is 372 g/mol. The topological polar surface area (TPSA) is 108 Å². The summed E-state index contributed by atoms with van der Waals surface area (Å²) in [6, 6.07) is 14.3. The summed E-state index contributed by atoms with van der Waals surface area (Å²) in [5.74, 6) is -1.87. The molecule has 2 rings (SSSR count). The van der Waals surface area contributed by atoms with Crippen molar-refractivity contribution in [1.82, 2.24) is 5.32 Å². The number of rotatable bonds is 9. The zero-order valence-electron chi connectivity index (χ0n) is 16.8. The molecule has 7 nitrogen and oxygen atoms in total. The van der Waals surface area contributed by atoms with Gasteiger partial charge in [-0.1, -0.05) is 56.3 Å². The lowest BCUT2D eigenvalue weighted by Crippen LogP contribution is -2.46. The second-order valence-electron chi connectivity index (χ2n) is 6.75. The first kappa shape index (κ1) is 21.9. The molecular formula is C22H26N2O5. The van der Waals surface area contributed by atoms with Crippen LogP contribution in [0.3, 0.4) is 0 Å². The predicted molar refractivity (Wildman–Crippen MR) is 108 cm³/mol. The van der Waals surface area contributed by atoms with Crippen molar-refractivity contribution in [2.24, 2.45) is 11.7 Å². The van der Waals surface area contributed by atoms with E-state index >= 15 is 0 Å². The van der Waals surface area contributed by atoms with E-state index in [1.165, 1.54) is 0 Å². The molecule has 1 unspecified atom stereocenters. The summed E-state index contributed by atoms with van der Waals surface area (Å²) in [6.07, 6.45) is -1.24. The number of nitrogens with two attached hydrogens (primary N) is 1. The molecule has 0 fully saturated rings. The van der Waals surface area contributed by atoms with Crippen LogP contribution in [-0.2, 0) is 14.3 Å². The van der Waals surface area contributed by atoms with E-state index in [1.807, 2.05) is 6.92 Å². The van der Waals surface area contributed by atoms with E-state index in [0.717, 1.165) is 0 Å². The number of ether oxygens (including phenoxy) is 2. The SMILES string of the molecule is CCOc1ccccc1C(=O)N[C@H](C(=O)OC(C(N)=O)c1ccccc1)C(C)C. The van der Waals surface area contributed by atoms with Gasteiger partial charge in [-0.3, -0.25) is 9.59 Å². The highest BCUT2D eigenvalue weighted by molar-refractivity contribution is 5.99. The number of esters is 1. The minimum absolute atomic E-state index is 0.282. The second kappa shape index (κ2) is 10.3. The summed E-state index contributed by atoms with van der Waals surface area (Å²) in [6.45, 7) is 5.75. The largest absolute Gasteiger partial charge is 0.493 e. The van der Waals surface area contributed by atoms with Crippen molar-refractivity contribution in [2.45, 2.75) is 32.9 Å². The number of nitrogens with one attached hydrogen (secondary N) is 1. The molecule has 0 saturated heterocycles. The zero-order chi connectivity index (χ0) is 21.4. The van der Waals surface area contributed by atoms with Crippen molar-refractivity contribution in [1.29, 1.82) is 0 Å². The molecule has 0 aromatic heterocycles. The maximum Gasteiger partial charge on any atom is 0.330 e. The number of carbonyl (C=O) groups is 3. The molecule has 2 aromatic rings. The Kier molecular flexibility index (Phi) is 7.77. The molecule has 2 atom stereocenters. The van der Waals surface area contributed by atoms with E-state index in [1.54, 1.807) is 68.4 Å². The molecule has 0 aliphatic heterocycles. The summed E-state index contributed by atoms with van der Waals surface area (Å²) in [5.41, 5.74) is 6.19. The first-order valence-electron chi connectivity index (χ1n) is 9.42. The van der Waals surface area contributed by atoms with E-state index in [4.69, 9.17) is 15.2 Å².